The Bertz CT molecular complexity index is 596. The SMILES string of the molecule is CCc1ccc(-c2nnc3n2CCNC3C2CC2)s1. The van der Waals surface area contributed by atoms with E-state index in [1.807, 2.05) is 11.3 Å². The molecule has 1 fully saturated rings. The second-order valence-corrected chi connectivity index (χ2v) is 6.59. The molecule has 1 aliphatic heterocycles. The Morgan fingerprint density at radius 1 is 1.37 bits per heavy atom. The van der Waals surface area contributed by atoms with Crippen molar-refractivity contribution in [1.82, 2.24) is 20.1 Å². The van der Waals surface area contributed by atoms with Gasteiger partial charge in [-0.05, 0) is 37.3 Å². The minimum absolute atomic E-state index is 0.431. The van der Waals surface area contributed by atoms with E-state index in [-0.39, 0.29) is 0 Å². The summed E-state index contributed by atoms with van der Waals surface area (Å²) in [6.45, 7) is 4.22. The van der Waals surface area contributed by atoms with Crippen LogP contribution in [-0.2, 0) is 13.0 Å². The molecule has 1 unspecified atom stereocenters. The van der Waals surface area contributed by atoms with Crippen LogP contribution in [0.1, 0.15) is 36.5 Å². The van der Waals surface area contributed by atoms with Crippen molar-refractivity contribution >= 4 is 11.3 Å². The molecule has 3 heterocycles. The van der Waals surface area contributed by atoms with E-state index in [9.17, 15) is 0 Å². The minimum Gasteiger partial charge on any atom is -0.308 e. The lowest BCUT2D eigenvalue weighted by atomic mass is 10.1. The highest BCUT2D eigenvalue weighted by Gasteiger charge is 2.37. The van der Waals surface area contributed by atoms with E-state index in [0.717, 1.165) is 37.1 Å². The average Bonchev–Trinajstić information content (AvgIpc) is 3.02. The molecule has 0 radical (unpaired) electrons. The molecule has 0 bridgehead atoms. The van der Waals surface area contributed by atoms with Crippen LogP contribution < -0.4 is 5.32 Å². The first-order chi connectivity index (χ1) is 9.36. The number of aromatic nitrogens is 3. The number of hydrogen-bond acceptors (Lipinski definition) is 4. The van der Waals surface area contributed by atoms with Crippen molar-refractivity contribution < 1.29 is 0 Å². The smallest absolute Gasteiger partial charge is 0.174 e. The molecule has 1 atom stereocenters. The van der Waals surface area contributed by atoms with Gasteiger partial charge in [0, 0.05) is 18.0 Å². The highest BCUT2D eigenvalue weighted by atomic mass is 32.1. The molecule has 0 saturated heterocycles. The van der Waals surface area contributed by atoms with Crippen LogP contribution in [0.2, 0.25) is 0 Å². The highest BCUT2D eigenvalue weighted by molar-refractivity contribution is 7.15. The van der Waals surface area contributed by atoms with Gasteiger partial charge in [-0.1, -0.05) is 6.92 Å². The van der Waals surface area contributed by atoms with Crippen LogP contribution >= 0.6 is 11.3 Å². The van der Waals surface area contributed by atoms with Crippen molar-refractivity contribution in [2.45, 2.75) is 38.8 Å². The molecule has 1 saturated carbocycles. The van der Waals surface area contributed by atoms with Crippen molar-refractivity contribution in [2.24, 2.45) is 5.92 Å². The van der Waals surface area contributed by atoms with Crippen LogP contribution in [0, 0.1) is 5.92 Å². The van der Waals surface area contributed by atoms with Crippen LogP contribution in [0.25, 0.3) is 10.7 Å². The normalized spacial score (nSPS) is 22.5. The predicted octanol–water partition coefficient (Wildman–Crippen LogP) is 2.62. The standard InChI is InChI=1S/C14H18N4S/c1-2-10-5-6-11(19-10)13-16-17-14-12(9-3-4-9)15-7-8-18(13)14/h5-6,9,12,15H,2-4,7-8H2,1H3. The summed E-state index contributed by atoms with van der Waals surface area (Å²) in [6.07, 6.45) is 3.76. The molecule has 5 heteroatoms. The van der Waals surface area contributed by atoms with Crippen molar-refractivity contribution in [2.75, 3.05) is 6.54 Å². The van der Waals surface area contributed by atoms with E-state index in [1.165, 1.54) is 22.6 Å². The Morgan fingerprint density at radius 2 is 2.26 bits per heavy atom. The summed E-state index contributed by atoms with van der Waals surface area (Å²) >= 11 is 1.84. The van der Waals surface area contributed by atoms with Crippen molar-refractivity contribution in [3.63, 3.8) is 0 Å². The van der Waals surface area contributed by atoms with Crippen molar-refractivity contribution in [3.8, 4) is 10.7 Å². The Hall–Kier alpha value is -1.20. The summed E-state index contributed by atoms with van der Waals surface area (Å²) in [5, 5.41) is 12.5. The number of aryl methyl sites for hydroxylation is 1. The zero-order valence-corrected chi connectivity index (χ0v) is 11.9. The summed E-state index contributed by atoms with van der Waals surface area (Å²) in [6, 6.07) is 4.83. The summed E-state index contributed by atoms with van der Waals surface area (Å²) in [5.41, 5.74) is 0. The highest BCUT2D eigenvalue weighted by Crippen LogP contribution is 2.42. The molecule has 100 valence electrons. The molecule has 4 nitrogen and oxygen atoms in total. The van der Waals surface area contributed by atoms with Crippen LogP contribution in [0.3, 0.4) is 0 Å². The Morgan fingerprint density at radius 3 is 3.00 bits per heavy atom. The maximum atomic E-state index is 4.47. The zero-order chi connectivity index (χ0) is 12.8. The maximum absolute atomic E-state index is 4.47. The average molecular weight is 274 g/mol. The second-order valence-electron chi connectivity index (χ2n) is 5.42. The van der Waals surface area contributed by atoms with E-state index in [1.54, 1.807) is 0 Å². The monoisotopic (exact) mass is 274 g/mol. The van der Waals surface area contributed by atoms with Gasteiger partial charge < -0.3 is 9.88 Å². The lowest BCUT2D eigenvalue weighted by Crippen LogP contribution is -2.35. The van der Waals surface area contributed by atoms with E-state index >= 15 is 0 Å². The number of nitrogens with zero attached hydrogens (tertiary/aromatic N) is 3. The summed E-state index contributed by atoms with van der Waals surface area (Å²) in [4.78, 5) is 2.67. The molecule has 0 spiro atoms. The fourth-order valence-corrected chi connectivity index (χ4v) is 3.81. The Balaban J connectivity index is 1.73. The molecular formula is C14H18N4S. The summed E-state index contributed by atoms with van der Waals surface area (Å²) < 4.78 is 2.32. The topological polar surface area (TPSA) is 42.7 Å². The molecule has 1 N–H and O–H groups in total. The number of fused-ring (bicyclic) bond motifs is 1. The Kier molecular flexibility index (Phi) is 2.70. The quantitative estimate of drug-likeness (QED) is 0.935. The third kappa shape index (κ3) is 1.92. The molecule has 2 aromatic rings. The van der Waals surface area contributed by atoms with E-state index in [4.69, 9.17) is 0 Å². The number of nitrogens with one attached hydrogen (secondary N) is 1. The van der Waals surface area contributed by atoms with E-state index in [0.29, 0.717) is 6.04 Å². The molecule has 2 aromatic heterocycles. The van der Waals surface area contributed by atoms with Gasteiger partial charge in [-0.15, -0.1) is 21.5 Å². The second kappa shape index (κ2) is 4.42. The van der Waals surface area contributed by atoms with Crippen LogP contribution in [0.4, 0.5) is 0 Å². The fraction of sp³-hybridized carbons (Fsp3) is 0.571. The first kappa shape index (κ1) is 11.6. The molecule has 4 rings (SSSR count). The van der Waals surface area contributed by atoms with Crippen LogP contribution in [0.15, 0.2) is 12.1 Å². The number of hydrogen-bond donors (Lipinski definition) is 1. The van der Waals surface area contributed by atoms with Crippen LogP contribution in [0.5, 0.6) is 0 Å². The largest absolute Gasteiger partial charge is 0.308 e. The minimum atomic E-state index is 0.431. The molecule has 19 heavy (non-hydrogen) atoms. The van der Waals surface area contributed by atoms with Gasteiger partial charge in [0.05, 0.1) is 10.9 Å². The first-order valence-electron chi connectivity index (χ1n) is 7.12. The molecule has 1 aliphatic carbocycles. The van der Waals surface area contributed by atoms with Gasteiger partial charge in [0.2, 0.25) is 0 Å². The molecule has 0 amide bonds. The van der Waals surface area contributed by atoms with Gasteiger partial charge in [0.1, 0.15) is 0 Å². The van der Waals surface area contributed by atoms with Gasteiger partial charge in [-0.2, -0.15) is 0 Å². The van der Waals surface area contributed by atoms with Crippen molar-refractivity contribution in [1.29, 1.82) is 0 Å². The third-order valence-electron chi connectivity index (χ3n) is 4.08. The summed E-state index contributed by atoms with van der Waals surface area (Å²) in [5.74, 6) is 2.99. The lowest BCUT2D eigenvalue weighted by molar-refractivity contribution is 0.383. The van der Waals surface area contributed by atoms with Gasteiger partial charge in [0.15, 0.2) is 11.6 Å². The lowest BCUT2D eigenvalue weighted by Gasteiger charge is -2.24. The number of thiophene rings is 1. The predicted molar refractivity (Wildman–Crippen MR) is 76.2 cm³/mol. The third-order valence-corrected chi connectivity index (χ3v) is 5.31. The van der Waals surface area contributed by atoms with Gasteiger partial charge >= 0.3 is 0 Å². The fourth-order valence-electron chi connectivity index (χ4n) is 2.87. The van der Waals surface area contributed by atoms with Crippen LogP contribution in [-0.4, -0.2) is 21.3 Å². The molecule has 2 aliphatic rings. The van der Waals surface area contributed by atoms with Gasteiger partial charge in [-0.3, -0.25) is 0 Å². The van der Waals surface area contributed by atoms with Gasteiger partial charge in [-0.25, -0.2) is 0 Å². The van der Waals surface area contributed by atoms with Crippen molar-refractivity contribution in [3.05, 3.63) is 22.8 Å². The maximum Gasteiger partial charge on any atom is 0.174 e. The summed E-state index contributed by atoms with van der Waals surface area (Å²) in [7, 11) is 0. The van der Waals surface area contributed by atoms with E-state index in [2.05, 4.69) is 39.1 Å². The van der Waals surface area contributed by atoms with E-state index < -0.39 is 0 Å². The first-order valence-corrected chi connectivity index (χ1v) is 7.94. The molecular weight excluding hydrogens is 256 g/mol. The Labute approximate surface area is 116 Å². The molecule has 0 aromatic carbocycles. The zero-order valence-electron chi connectivity index (χ0n) is 11.1. The number of rotatable bonds is 3. The van der Waals surface area contributed by atoms with Gasteiger partial charge in [0.25, 0.3) is 0 Å².